The van der Waals surface area contributed by atoms with Crippen LogP contribution in [0.5, 0.6) is 5.88 Å². The zero-order valence-electron chi connectivity index (χ0n) is 22.4. The first kappa shape index (κ1) is 27.9. The summed E-state index contributed by atoms with van der Waals surface area (Å²) in [4.78, 5) is 20.3. The Morgan fingerprint density at radius 3 is 2.43 bits per heavy atom. The van der Waals surface area contributed by atoms with Crippen LogP contribution in [0, 0.1) is 6.92 Å². The van der Waals surface area contributed by atoms with Gasteiger partial charge in [-0.1, -0.05) is 70.8 Å². The number of carboxylic acids is 1. The molecule has 2 N–H and O–H groups in total. The monoisotopic (exact) mass is 601 g/mol. The van der Waals surface area contributed by atoms with Crippen LogP contribution in [0.4, 0.5) is 0 Å². The fourth-order valence-corrected chi connectivity index (χ4v) is 5.91. The highest BCUT2D eigenvalue weighted by molar-refractivity contribution is 6.39. The highest BCUT2D eigenvalue weighted by atomic mass is 35.5. The molecule has 1 fully saturated rings. The van der Waals surface area contributed by atoms with E-state index in [4.69, 9.17) is 32.5 Å². The van der Waals surface area contributed by atoms with E-state index in [1.807, 2.05) is 43.3 Å². The standard InChI is InChI=1S/C32H25Cl2N3O5/c1-18-10-20(12-21(11-18)31(38)39)22-13-32(40,14-22)26-15-36-27(16-35-26)41-17-23-29(28-24(33)8-5-9-25(28)34)37-42-30(23)19-6-3-2-4-7-19/h2-12,15-16,22,40H,13-14,17H2,1H3,(H,38,39). The molecule has 8 nitrogen and oxygen atoms in total. The number of aromatic carboxylic acids is 1. The normalized spacial score (nSPS) is 18.0. The number of aliphatic hydroxyl groups is 1. The zero-order chi connectivity index (χ0) is 29.4. The molecule has 0 atom stereocenters. The lowest BCUT2D eigenvalue weighted by molar-refractivity contribution is -0.0590. The van der Waals surface area contributed by atoms with Crippen LogP contribution in [0.2, 0.25) is 10.0 Å². The first-order valence-corrected chi connectivity index (χ1v) is 14.0. The van der Waals surface area contributed by atoms with Crippen molar-refractivity contribution >= 4 is 29.2 Å². The van der Waals surface area contributed by atoms with E-state index in [0.717, 1.165) is 16.7 Å². The first-order chi connectivity index (χ1) is 20.2. The Morgan fingerprint density at radius 2 is 1.76 bits per heavy atom. The SMILES string of the molecule is Cc1cc(C(=O)O)cc(C2CC(O)(c3cnc(OCc4c(-c5c(Cl)cccc5Cl)noc4-c4ccccc4)cn3)C2)c1. The number of ether oxygens (including phenoxy) is 1. The van der Waals surface area contributed by atoms with E-state index in [2.05, 4.69) is 15.1 Å². The summed E-state index contributed by atoms with van der Waals surface area (Å²) in [5.74, 6) is -0.187. The van der Waals surface area contributed by atoms with E-state index in [9.17, 15) is 15.0 Å². The molecule has 6 rings (SSSR count). The summed E-state index contributed by atoms with van der Waals surface area (Å²) in [5.41, 5.74) is 3.72. The van der Waals surface area contributed by atoms with Crippen LogP contribution in [-0.4, -0.2) is 31.3 Å². The van der Waals surface area contributed by atoms with E-state index in [1.54, 1.807) is 30.3 Å². The Hall–Kier alpha value is -4.24. The predicted molar refractivity (Wildman–Crippen MR) is 158 cm³/mol. The fraction of sp³-hybridized carbons (Fsp3) is 0.188. The average Bonchev–Trinajstić information content (AvgIpc) is 3.38. The number of halogens is 2. The molecule has 1 saturated carbocycles. The van der Waals surface area contributed by atoms with Crippen molar-refractivity contribution in [3.63, 3.8) is 0 Å². The van der Waals surface area contributed by atoms with Gasteiger partial charge in [-0.2, -0.15) is 0 Å². The van der Waals surface area contributed by atoms with Gasteiger partial charge >= 0.3 is 5.97 Å². The molecule has 0 aliphatic heterocycles. The molecule has 212 valence electrons. The molecule has 0 spiro atoms. The van der Waals surface area contributed by atoms with E-state index in [1.165, 1.54) is 12.4 Å². The summed E-state index contributed by atoms with van der Waals surface area (Å²) in [6, 6.07) is 20.0. The van der Waals surface area contributed by atoms with Crippen molar-refractivity contribution in [3.05, 3.63) is 117 Å². The lowest BCUT2D eigenvalue weighted by atomic mass is 9.66. The number of carbonyl (C=O) groups is 1. The maximum atomic E-state index is 11.5. The number of aryl methyl sites for hydroxylation is 1. The third kappa shape index (κ3) is 5.36. The minimum absolute atomic E-state index is 0.0192. The van der Waals surface area contributed by atoms with Crippen LogP contribution in [0.25, 0.3) is 22.6 Å². The minimum atomic E-state index is -1.16. The van der Waals surface area contributed by atoms with Gasteiger partial charge in [0, 0.05) is 11.1 Å². The summed E-state index contributed by atoms with van der Waals surface area (Å²) >= 11 is 13.0. The molecule has 1 aliphatic rings. The van der Waals surface area contributed by atoms with Gasteiger partial charge in [-0.3, -0.25) is 4.98 Å². The fourth-order valence-electron chi connectivity index (χ4n) is 5.33. The minimum Gasteiger partial charge on any atom is -0.478 e. The quantitative estimate of drug-likeness (QED) is 0.188. The van der Waals surface area contributed by atoms with E-state index in [-0.39, 0.29) is 24.0 Å². The van der Waals surface area contributed by atoms with Crippen molar-refractivity contribution in [1.82, 2.24) is 15.1 Å². The van der Waals surface area contributed by atoms with Gasteiger partial charge in [0.25, 0.3) is 0 Å². The summed E-state index contributed by atoms with van der Waals surface area (Å²) in [6.45, 7) is 1.91. The van der Waals surface area contributed by atoms with E-state index in [0.29, 0.717) is 51.2 Å². The molecule has 10 heteroatoms. The third-order valence-electron chi connectivity index (χ3n) is 7.48. The van der Waals surface area contributed by atoms with Crippen molar-refractivity contribution in [2.75, 3.05) is 0 Å². The topological polar surface area (TPSA) is 119 Å². The Kier molecular flexibility index (Phi) is 7.45. The highest BCUT2D eigenvalue weighted by Gasteiger charge is 2.46. The number of hydrogen-bond donors (Lipinski definition) is 2. The van der Waals surface area contributed by atoms with Crippen molar-refractivity contribution in [2.24, 2.45) is 0 Å². The van der Waals surface area contributed by atoms with Crippen molar-refractivity contribution < 1.29 is 24.3 Å². The predicted octanol–water partition coefficient (Wildman–Crippen LogP) is 7.46. The molecule has 1 aliphatic carbocycles. The summed E-state index contributed by atoms with van der Waals surface area (Å²) in [7, 11) is 0. The number of aromatic nitrogens is 3. The molecular formula is C32H25Cl2N3O5. The molecule has 3 aromatic carbocycles. The smallest absolute Gasteiger partial charge is 0.335 e. The first-order valence-electron chi connectivity index (χ1n) is 13.2. The lowest BCUT2D eigenvalue weighted by Crippen LogP contribution is -2.40. The molecule has 42 heavy (non-hydrogen) atoms. The molecule has 2 heterocycles. The third-order valence-corrected chi connectivity index (χ3v) is 8.11. The summed E-state index contributed by atoms with van der Waals surface area (Å²) in [5, 5.41) is 25.7. The van der Waals surface area contributed by atoms with Crippen molar-refractivity contribution in [2.45, 2.75) is 37.9 Å². The van der Waals surface area contributed by atoms with E-state index < -0.39 is 11.6 Å². The van der Waals surface area contributed by atoms with Crippen molar-refractivity contribution in [3.8, 4) is 28.5 Å². The molecule has 2 aromatic heterocycles. The van der Waals surface area contributed by atoms with Crippen LogP contribution in [0.1, 0.15) is 51.5 Å². The maximum absolute atomic E-state index is 11.5. The maximum Gasteiger partial charge on any atom is 0.335 e. The molecule has 0 radical (unpaired) electrons. The number of benzene rings is 3. The number of nitrogens with zero attached hydrogens (tertiary/aromatic N) is 3. The molecule has 5 aromatic rings. The lowest BCUT2D eigenvalue weighted by Gasteiger charge is -2.43. The molecule has 0 bridgehead atoms. The molecule has 0 unspecified atom stereocenters. The van der Waals surface area contributed by atoms with Gasteiger partial charge in [0.1, 0.15) is 17.9 Å². The molecule has 0 amide bonds. The average molecular weight is 602 g/mol. The van der Waals surface area contributed by atoms with Gasteiger partial charge in [0.2, 0.25) is 5.88 Å². The van der Waals surface area contributed by atoms with Gasteiger partial charge in [-0.25, -0.2) is 9.78 Å². The Bertz CT molecular complexity index is 1750. The van der Waals surface area contributed by atoms with Crippen LogP contribution >= 0.6 is 23.2 Å². The number of carboxylic acid groups (broad SMARTS) is 1. The Morgan fingerprint density at radius 1 is 1.02 bits per heavy atom. The second-order valence-electron chi connectivity index (χ2n) is 10.4. The van der Waals surface area contributed by atoms with Crippen LogP contribution in [0.15, 0.2) is 83.6 Å². The zero-order valence-corrected chi connectivity index (χ0v) is 23.9. The van der Waals surface area contributed by atoms with Gasteiger partial charge in [0.15, 0.2) is 5.76 Å². The summed E-state index contributed by atoms with van der Waals surface area (Å²) in [6.07, 6.45) is 3.79. The number of rotatable bonds is 8. The second-order valence-corrected chi connectivity index (χ2v) is 11.2. The second kappa shape index (κ2) is 11.2. The molecular weight excluding hydrogens is 577 g/mol. The van der Waals surface area contributed by atoms with Crippen LogP contribution in [-0.2, 0) is 12.2 Å². The molecule has 0 saturated heterocycles. The summed E-state index contributed by atoms with van der Waals surface area (Å²) < 4.78 is 11.8. The van der Waals surface area contributed by atoms with Crippen LogP contribution < -0.4 is 4.74 Å². The van der Waals surface area contributed by atoms with Gasteiger partial charge in [-0.05, 0) is 61.1 Å². The van der Waals surface area contributed by atoms with Gasteiger partial charge in [0.05, 0.1) is 39.3 Å². The Balaban J connectivity index is 1.21. The van der Waals surface area contributed by atoms with Gasteiger partial charge < -0.3 is 19.5 Å². The van der Waals surface area contributed by atoms with Crippen molar-refractivity contribution in [1.29, 1.82) is 0 Å². The largest absolute Gasteiger partial charge is 0.478 e. The number of hydrogen-bond acceptors (Lipinski definition) is 7. The van der Waals surface area contributed by atoms with Crippen LogP contribution in [0.3, 0.4) is 0 Å². The highest BCUT2D eigenvalue weighted by Crippen LogP contribution is 2.50. The Labute approximate surface area is 251 Å². The van der Waals surface area contributed by atoms with E-state index >= 15 is 0 Å². The van der Waals surface area contributed by atoms with Gasteiger partial charge in [-0.15, -0.1) is 0 Å².